The van der Waals surface area contributed by atoms with Gasteiger partial charge in [-0.25, -0.2) is 0 Å². The zero-order chi connectivity index (χ0) is 14.8. The van der Waals surface area contributed by atoms with Crippen molar-refractivity contribution in [1.29, 1.82) is 0 Å². The zero-order valence-electron chi connectivity index (χ0n) is 13.6. The van der Waals surface area contributed by atoms with Gasteiger partial charge in [0.2, 0.25) is 0 Å². The van der Waals surface area contributed by atoms with Gasteiger partial charge in [0.1, 0.15) is 0 Å². The topological polar surface area (TPSA) is 21.3 Å². The molecule has 0 aliphatic carbocycles. The second kappa shape index (κ2) is 6.00. The van der Waals surface area contributed by atoms with Gasteiger partial charge in [0, 0.05) is 31.5 Å². The van der Waals surface area contributed by atoms with Crippen molar-refractivity contribution in [1.82, 2.24) is 5.32 Å². The van der Waals surface area contributed by atoms with Crippen LogP contribution in [0.4, 0.5) is 0 Å². The van der Waals surface area contributed by atoms with E-state index in [0.717, 1.165) is 19.7 Å². The lowest BCUT2D eigenvalue weighted by Gasteiger charge is -2.37. The third kappa shape index (κ3) is 3.51. The lowest BCUT2D eigenvalue weighted by molar-refractivity contribution is 0.227. The Hall–Kier alpha value is -0.643. The van der Waals surface area contributed by atoms with Crippen molar-refractivity contribution in [3.8, 4) is 0 Å². The zero-order valence-corrected chi connectivity index (χ0v) is 14.6. The van der Waals surface area contributed by atoms with Crippen LogP contribution in [0.25, 0.3) is 0 Å². The van der Waals surface area contributed by atoms with E-state index in [4.69, 9.17) is 4.43 Å². The summed E-state index contributed by atoms with van der Waals surface area (Å²) in [7, 11) is -1.63. The number of hydrogen-bond donors (Lipinski definition) is 1. The first kappa shape index (κ1) is 15.7. The van der Waals surface area contributed by atoms with Crippen LogP contribution in [0.2, 0.25) is 18.1 Å². The van der Waals surface area contributed by atoms with Gasteiger partial charge in [0.05, 0.1) is 0 Å². The molecule has 0 spiro atoms. The molecule has 2 nitrogen and oxygen atoms in total. The molecule has 1 aromatic carbocycles. The summed E-state index contributed by atoms with van der Waals surface area (Å²) in [4.78, 5) is 0. The Balaban J connectivity index is 1.99. The molecule has 1 aliphatic heterocycles. The summed E-state index contributed by atoms with van der Waals surface area (Å²) in [5, 5.41) is 3.82. The summed E-state index contributed by atoms with van der Waals surface area (Å²) in [5.41, 5.74) is 1.45. The van der Waals surface area contributed by atoms with Crippen molar-refractivity contribution >= 4 is 8.32 Å². The second-order valence-corrected chi connectivity index (χ2v) is 12.3. The normalized spacial score (nSPS) is 24.1. The molecule has 0 amide bonds. The van der Waals surface area contributed by atoms with Crippen molar-refractivity contribution in [3.05, 3.63) is 35.9 Å². The van der Waals surface area contributed by atoms with Gasteiger partial charge < -0.3 is 9.74 Å². The van der Waals surface area contributed by atoms with E-state index in [1.165, 1.54) is 5.56 Å². The Labute approximate surface area is 125 Å². The first-order chi connectivity index (χ1) is 9.31. The minimum Gasteiger partial charge on any atom is -0.416 e. The van der Waals surface area contributed by atoms with Crippen LogP contribution in [0.3, 0.4) is 0 Å². The average Bonchev–Trinajstić information content (AvgIpc) is 2.84. The van der Waals surface area contributed by atoms with Gasteiger partial charge in [-0.1, -0.05) is 51.1 Å². The molecule has 3 heteroatoms. The summed E-state index contributed by atoms with van der Waals surface area (Å²) in [6, 6.07) is 10.9. The summed E-state index contributed by atoms with van der Waals surface area (Å²) >= 11 is 0. The molecule has 20 heavy (non-hydrogen) atoms. The minimum atomic E-state index is -1.63. The van der Waals surface area contributed by atoms with Gasteiger partial charge in [-0.2, -0.15) is 0 Å². The maximum Gasteiger partial charge on any atom is 0.191 e. The summed E-state index contributed by atoms with van der Waals surface area (Å²) in [6.45, 7) is 14.6. The Morgan fingerprint density at radius 2 is 1.80 bits per heavy atom. The molecule has 112 valence electrons. The van der Waals surface area contributed by atoms with Gasteiger partial charge in [-0.15, -0.1) is 0 Å². The fourth-order valence-corrected chi connectivity index (χ4v) is 3.59. The maximum absolute atomic E-state index is 6.43. The third-order valence-electron chi connectivity index (χ3n) is 5.03. The minimum absolute atomic E-state index is 0.293. The van der Waals surface area contributed by atoms with E-state index in [9.17, 15) is 0 Å². The highest BCUT2D eigenvalue weighted by Crippen LogP contribution is 2.38. The molecule has 0 aromatic heterocycles. The number of benzene rings is 1. The summed E-state index contributed by atoms with van der Waals surface area (Å²) in [5.74, 6) is 1.20. The molecule has 1 heterocycles. The highest BCUT2D eigenvalue weighted by Gasteiger charge is 2.39. The van der Waals surface area contributed by atoms with Gasteiger partial charge in [0.25, 0.3) is 0 Å². The fraction of sp³-hybridized carbons (Fsp3) is 0.647. The molecular weight excluding hydrogens is 262 g/mol. The molecule has 0 bridgehead atoms. The highest BCUT2D eigenvalue weighted by molar-refractivity contribution is 6.74. The van der Waals surface area contributed by atoms with Gasteiger partial charge in [-0.3, -0.25) is 0 Å². The van der Waals surface area contributed by atoms with Crippen LogP contribution in [0.1, 0.15) is 32.3 Å². The maximum atomic E-state index is 6.43. The second-order valence-electron chi connectivity index (χ2n) is 7.51. The fourth-order valence-electron chi connectivity index (χ4n) is 2.53. The van der Waals surface area contributed by atoms with Crippen molar-refractivity contribution in [2.24, 2.45) is 5.92 Å². The van der Waals surface area contributed by atoms with E-state index in [1.54, 1.807) is 0 Å². The molecule has 0 saturated carbocycles. The van der Waals surface area contributed by atoms with Crippen LogP contribution >= 0.6 is 0 Å². The van der Waals surface area contributed by atoms with E-state index in [-0.39, 0.29) is 0 Å². The van der Waals surface area contributed by atoms with Crippen LogP contribution in [0.15, 0.2) is 30.3 Å². The van der Waals surface area contributed by atoms with E-state index in [0.29, 0.717) is 16.9 Å². The SMILES string of the molecule is CC(C)(C)[Si](C)(C)OC[C@H]1CNCC1c1ccccc1. The molecule has 1 N–H and O–H groups in total. The Morgan fingerprint density at radius 1 is 1.15 bits per heavy atom. The standard InChI is InChI=1S/C17H29NOSi/c1-17(2,3)20(4,5)19-13-15-11-18-12-16(15)14-9-7-6-8-10-14/h6-10,15-16,18H,11-13H2,1-5H3/t15-,16?/m1/s1. The van der Waals surface area contributed by atoms with Crippen LogP contribution in [0.5, 0.6) is 0 Å². The van der Waals surface area contributed by atoms with Gasteiger partial charge in [-0.05, 0) is 23.7 Å². The predicted molar refractivity (Wildman–Crippen MR) is 88.7 cm³/mol. The number of hydrogen-bond acceptors (Lipinski definition) is 2. The largest absolute Gasteiger partial charge is 0.416 e. The lowest BCUT2D eigenvalue weighted by Crippen LogP contribution is -2.42. The summed E-state index contributed by atoms with van der Waals surface area (Å²) in [6.07, 6.45) is 0. The molecule has 1 saturated heterocycles. The Kier molecular flexibility index (Phi) is 4.72. The quantitative estimate of drug-likeness (QED) is 0.846. The lowest BCUT2D eigenvalue weighted by atomic mass is 9.90. The molecule has 0 radical (unpaired) electrons. The van der Waals surface area contributed by atoms with E-state index in [2.05, 4.69) is 69.5 Å². The van der Waals surface area contributed by atoms with Crippen molar-refractivity contribution in [2.45, 2.75) is 44.8 Å². The van der Waals surface area contributed by atoms with Crippen molar-refractivity contribution < 1.29 is 4.43 Å². The van der Waals surface area contributed by atoms with Crippen LogP contribution in [-0.2, 0) is 4.43 Å². The third-order valence-corrected chi connectivity index (χ3v) is 9.53. The van der Waals surface area contributed by atoms with E-state index >= 15 is 0 Å². The van der Waals surface area contributed by atoms with Crippen molar-refractivity contribution in [2.75, 3.05) is 19.7 Å². The Morgan fingerprint density at radius 3 is 2.40 bits per heavy atom. The van der Waals surface area contributed by atoms with E-state index < -0.39 is 8.32 Å². The molecule has 2 rings (SSSR count). The molecule has 1 fully saturated rings. The monoisotopic (exact) mass is 291 g/mol. The van der Waals surface area contributed by atoms with Gasteiger partial charge >= 0.3 is 0 Å². The molecule has 2 atom stereocenters. The molecular formula is C17H29NOSi. The Bertz CT molecular complexity index is 424. The summed E-state index contributed by atoms with van der Waals surface area (Å²) < 4.78 is 6.43. The van der Waals surface area contributed by atoms with Crippen LogP contribution in [0, 0.1) is 5.92 Å². The first-order valence-electron chi connectivity index (χ1n) is 7.71. The highest BCUT2D eigenvalue weighted by atomic mass is 28.4. The van der Waals surface area contributed by atoms with Gasteiger partial charge in [0.15, 0.2) is 8.32 Å². The molecule has 1 unspecified atom stereocenters. The number of nitrogens with one attached hydrogen (secondary N) is 1. The first-order valence-corrected chi connectivity index (χ1v) is 10.6. The average molecular weight is 292 g/mol. The van der Waals surface area contributed by atoms with E-state index in [1.807, 2.05) is 0 Å². The van der Waals surface area contributed by atoms with Crippen LogP contribution in [-0.4, -0.2) is 28.0 Å². The smallest absolute Gasteiger partial charge is 0.191 e. The molecule has 1 aliphatic rings. The predicted octanol–water partition coefficient (Wildman–Crippen LogP) is 4.01. The number of rotatable bonds is 4. The van der Waals surface area contributed by atoms with Crippen LogP contribution < -0.4 is 5.32 Å². The van der Waals surface area contributed by atoms with Crippen molar-refractivity contribution in [3.63, 3.8) is 0 Å². The molecule has 1 aromatic rings.